The van der Waals surface area contributed by atoms with Crippen LogP contribution in [0.4, 0.5) is 30.2 Å². The molecule has 0 fully saturated rings. The maximum absolute atomic E-state index is 14.7. The highest BCUT2D eigenvalue weighted by molar-refractivity contribution is 6.35. The van der Waals surface area contributed by atoms with Crippen molar-refractivity contribution in [2.24, 2.45) is 0 Å². The first-order chi connectivity index (χ1) is 36.2. The SMILES string of the molecule is Cc1ccc(-c2ccc(N3C(=O)c4ccc(C(=O)Nc5c(C)cc(C6(c7cc(C)c(NC(=O)c8ccc9c(c8)C(=O)N(C)C9=O)c(C)c7)c7ccccc7-c7ccccc76)cc5C)cc4C3=O)cc2C(F)(F)F)c(C)c1. The topological polar surface area (TPSA) is 133 Å². The number of nitrogens with one attached hydrogen (secondary N) is 2. The van der Waals surface area contributed by atoms with E-state index in [2.05, 4.69) is 47.0 Å². The van der Waals surface area contributed by atoms with Crippen LogP contribution in [0.3, 0.4) is 0 Å². The second-order valence-electron chi connectivity index (χ2n) is 19.9. The third kappa shape index (κ3) is 7.55. The molecule has 0 spiro atoms. The Morgan fingerprint density at radius 1 is 0.447 bits per heavy atom. The van der Waals surface area contributed by atoms with Gasteiger partial charge < -0.3 is 10.6 Å². The van der Waals surface area contributed by atoms with E-state index in [1.807, 2.05) is 71.0 Å². The maximum Gasteiger partial charge on any atom is 0.417 e. The van der Waals surface area contributed by atoms with Gasteiger partial charge in [0.05, 0.1) is 38.9 Å². The highest BCUT2D eigenvalue weighted by Gasteiger charge is 2.47. The van der Waals surface area contributed by atoms with Crippen LogP contribution in [-0.2, 0) is 11.6 Å². The third-order valence-corrected chi connectivity index (χ3v) is 15.1. The van der Waals surface area contributed by atoms with Crippen LogP contribution in [0.25, 0.3) is 22.3 Å². The number of imide groups is 2. The Hall–Kier alpha value is -9.23. The van der Waals surface area contributed by atoms with E-state index in [4.69, 9.17) is 0 Å². The fourth-order valence-corrected chi connectivity index (χ4v) is 11.5. The molecule has 0 saturated carbocycles. The Morgan fingerprint density at radius 2 is 0.882 bits per heavy atom. The average molecular weight is 1010 g/mol. The number of anilines is 3. The van der Waals surface area contributed by atoms with E-state index < -0.39 is 52.6 Å². The molecule has 0 radical (unpaired) electrons. The van der Waals surface area contributed by atoms with Gasteiger partial charge in [-0.2, -0.15) is 13.2 Å². The fraction of sp³-hybridized carbons (Fsp3) is 0.143. The van der Waals surface area contributed by atoms with Crippen molar-refractivity contribution in [2.45, 2.75) is 53.1 Å². The van der Waals surface area contributed by atoms with Gasteiger partial charge in [-0.3, -0.25) is 33.7 Å². The molecule has 0 bridgehead atoms. The number of halogens is 3. The number of hydrogen-bond acceptors (Lipinski definition) is 6. The number of benzene rings is 8. The molecule has 13 heteroatoms. The van der Waals surface area contributed by atoms with Gasteiger partial charge >= 0.3 is 6.18 Å². The van der Waals surface area contributed by atoms with E-state index in [1.165, 1.54) is 55.6 Å². The lowest BCUT2D eigenvalue weighted by Crippen LogP contribution is -2.30. The smallest absolute Gasteiger partial charge is 0.322 e. The van der Waals surface area contributed by atoms with Crippen molar-refractivity contribution >= 4 is 52.5 Å². The van der Waals surface area contributed by atoms with E-state index in [0.29, 0.717) is 27.4 Å². The maximum atomic E-state index is 14.7. The summed E-state index contributed by atoms with van der Waals surface area (Å²) in [6.07, 6.45) is -4.81. The molecule has 8 aromatic rings. The number of alkyl halides is 3. The van der Waals surface area contributed by atoms with Crippen LogP contribution >= 0.6 is 0 Å². The van der Waals surface area contributed by atoms with Crippen LogP contribution in [0.15, 0.2) is 146 Å². The summed E-state index contributed by atoms with van der Waals surface area (Å²) >= 11 is 0. The van der Waals surface area contributed by atoms with Crippen LogP contribution in [0.2, 0.25) is 0 Å². The van der Waals surface area contributed by atoms with Crippen molar-refractivity contribution in [3.8, 4) is 22.3 Å². The molecule has 10 nitrogen and oxygen atoms in total. The van der Waals surface area contributed by atoms with Crippen LogP contribution in [0.5, 0.6) is 0 Å². The van der Waals surface area contributed by atoms with Gasteiger partial charge in [-0.1, -0.05) is 103 Å². The number of rotatable bonds is 8. The number of aryl methyl sites for hydroxylation is 6. The first-order valence-electron chi connectivity index (χ1n) is 24.5. The molecule has 11 rings (SSSR count). The minimum absolute atomic E-state index is 0.0442. The highest BCUT2D eigenvalue weighted by Crippen LogP contribution is 2.57. The molecule has 2 heterocycles. The van der Waals surface area contributed by atoms with E-state index >= 15 is 0 Å². The van der Waals surface area contributed by atoms with Crippen LogP contribution in [-0.4, -0.2) is 47.4 Å². The zero-order chi connectivity index (χ0) is 53.9. The number of hydrogen-bond donors (Lipinski definition) is 2. The summed E-state index contributed by atoms with van der Waals surface area (Å²) in [7, 11) is 1.41. The van der Waals surface area contributed by atoms with Crippen molar-refractivity contribution in [3.05, 3.63) is 240 Å². The van der Waals surface area contributed by atoms with E-state index in [-0.39, 0.29) is 44.6 Å². The molecule has 6 amide bonds. The van der Waals surface area contributed by atoms with Gasteiger partial charge in [0.2, 0.25) is 0 Å². The number of carbonyl (C=O) groups is 6. The summed E-state index contributed by atoms with van der Waals surface area (Å²) in [5.41, 5.74) is 10.4. The second-order valence-corrected chi connectivity index (χ2v) is 19.9. The molecule has 376 valence electrons. The van der Waals surface area contributed by atoms with Gasteiger partial charge in [-0.25, -0.2) is 4.90 Å². The summed E-state index contributed by atoms with van der Waals surface area (Å²) in [6.45, 7) is 11.2. The highest BCUT2D eigenvalue weighted by atomic mass is 19.4. The summed E-state index contributed by atoms with van der Waals surface area (Å²) < 4.78 is 44.0. The van der Waals surface area contributed by atoms with E-state index in [0.717, 1.165) is 72.2 Å². The molecule has 2 N–H and O–H groups in total. The van der Waals surface area contributed by atoms with Gasteiger partial charge in [0.25, 0.3) is 35.4 Å². The normalized spacial score (nSPS) is 14.2. The van der Waals surface area contributed by atoms with Gasteiger partial charge in [0.1, 0.15) is 0 Å². The molecule has 8 aromatic carbocycles. The van der Waals surface area contributed by atoms with E-state index in [9.17, 15) is 41.9 Å². The Kier molecular flexibility index (Phi) is 11.4. The molecule has 0 atom stereocenters. The summed E-state index contributed by atoms with van der Waals surface area (Å²) in [5, 5.41) is 6.11. The second kappa shape index (κ2) is 17.7. The Bertz CT molecular complexity index is 3860. The minimum atomic E-state index is -4.81. The third-order valence-electron chi connectivity index (χ3n) is 15.1. The molecular weight excluding hydrogens is 966 g/mol. The molecule has 76 heavy (non-hydrogen) atoms. The minimum Gasteiger partial charge on any atom is -0.322 e. The monoisotopic (exact) mass is 1010 g/mol. The molecule has 0 unspecified atom stereocenters. The summed E-state index contributed by atoms with van der Waals surface area (Å²) in [6, 6.07) is 41.8. The molecule has 0 saturated heterocycles. The first-order valence-corrected chi connectivity index (χ1v) is 24.5. The molecular formula is C63H47F3N4O6. The fourth-order valence-electron chi connectivity index (χ4n) is 11.5. The van der Waals surface area contributed by atoms with E-state index in [1.54, 1.807) is 25.1 Å². The summed E-state index contributed by atoms with van der Waals surface area (Å²) in [4.78, 5) is 83.0. The largest absolute Gasteiger partial charge is 0.417 e. The standard InChI is InChI=1S/C63H47F3N4O6/c1-32-16-20-43(33(2)24-32)46-23-19-42(31-53(46)63(64,65)66)70-60(75)48-22-18-39(30-50(48)61(70)76)57(72)68-55-36(5)27-41(28-37(55)6)62(51-14-10-8-12-44(51)45-13-9-11-15-52(45)62)40-25-34(3)54(35(4)26-40)67-56(71)38-17-21-47-49(29-38)59(74)69(7)58(47)73/h8-31H,1-7H3,(H,67,71)(H,68,72). The number of nitrogens with zero attached hydrogens (tertiary/aromatic N) is 2. The quantitative estimate of drug-likeness (QED) is 0.146. The van der Waals surface area contributed by atoms with Gasteiger partial charge in [-0.05, 0) is 162 Å². The van der Waals surface area contributed by atoms with Gasteiger partial charge in [0.15, 0.2) is 0 Å². The van der Waals surface area contributed by atoms with Crippen molar-refractivity contribution < 1.29 is 41.9 Å². The Labute approximate surface area is 435 Å². The zero-order valence-corrected chi connectivity index (χ0v) is 42.3. The lowest BCUT2D eigenvalue weighted by Gasteiger charge is -2.35. The number of amides is 6. The van der Waals surface area contributed by atoms with Gasteiger partial charge in [0, 0.05) is 29.5 Å². The number of carbonyl (C=O) groups excluding carboxylic acids is 6. The Morgan fingerprint density at radius 3 is 1.38 bits per heavy atom. The average Bonchev–Trinajstić information content (AvgIpc) is 3.96. The molecule has 0 aromatic heterocycles. The molecule has 1 aliphatic carbocycles. The van der Waals surface area contributed by atoms with Gasteiger partial charge in [-0.15, -0.1) is 0 Å². The predicted octanol–water partition coefficient (Wildman–Crippen LogP) is 13.1. The van der Waals surface area contributed by atoms with Crippen LogP contribution < -0.4 is 15.5 Å². The van der Waals surface area contributed by atoms with Crippen molar-refractivity contribution in [1.82, 2.24) is 4.90 Å². The molecule has 3 aliphatic rings. The molecule has 2 aliphatic heterocycles. The Balaban J connectivity index is 0.919. The van der Waals surface area contributed by atoms with Crippen LogP contribution in [0.1, 0.15) is 123 Å². The first kappa shape index (κ1) is 49.0. The van der Waals surface area contributed by atoms with Crippen molar-refractivity contribution in [1.29, 1.82) is 0 Å². The summed E-state index contributed by atoms with van der Waals surface area (Å²) in [5.74, 6) is -3.56. The van der Waals surface area contributed by atoms with Crippen molar-refractivity contribution in [2.75, 3.05) is 22.6 Å². The zero-order valence-electron chi connectivity index (χ0n) is 42.3. The predicted molar refractivity (Wildman–Crippen MR) is 285 cm³/mol. The van der Waals surface area contributed by atoms with Crippen molar-refractivity contribution in [3.63, 3.8) is 0 Å². The number of fused-ring (bicyclic) bond motifs is 5. The lowest BCUT2D eigenvalue weighted by molar-refractivity contribution is -0.137. The van der Waals surface area contributed by atoms with Crippen LogP contribution in [0, 0.1) is 41.5 Å². The lowest BCUT2D eigenvalue weighted by atomic mass is 9.66.